The van der Waals surface area contributed by atoms with Crippen LogP contribution in [0.5, 0.6) is 0 Å². The second kappa shape index (κ2) is 7.56. The van der Waals surface area contributed by atoms with Crippen molar-refractivity contribution in [3.05, 3.63) is 101 Å². The molecule has 0 aliphatic heterocycles. The third kappa shape index (κ3) is 3.74. The number of hydrogen-bond acceptors (Lipinski definition) is 2. The second-order valence-electron chi connectivity index (χ2n) is 6.90. The average molecular weight is 371 g/mol. The first-order valence-corrected chi connectivity index (χ1v) is 9.19. The molecule has 0 radical (unpaired) electrons. The fourth-order valence-corrected chi connectivity index (χ4v) is 3.36. The van der Waals surface area contributed by atoms with Gasteiger partial charge in [0.15, 0.2) is 0 Å². The maximum Gasteiger partial charge on any atom is 0.275 e. The van der Waals surface area contributed by atoms with Gasteiger partial charge >= 0.3 is 0 Å². The number of amides is 1. The minimum absolute atomic E-state index is 0.0285. The minimum atomic E-state index is -0.229. The Morgan fingerprint density at radius 2 is 1.68 bits per heavy atom. The van der Waals surface area contributed by atoms with Crippen LogP contribution < -0.4 is 10.9 Å². The fraction of sp³-hybridized carbons (Fsp3) is 0.130. The van der Waals surface area contributed by atoms with Crippen LogP contribution in [0.2, 0.25) is 0 Å². The summed E-state index contributed by atoms with van der Waals surface area (Å²) in [4.78, 5) is 25.4. The number of hydrogen-bond donors (Lipinski definition) is 1. The Hall–Kier alpha value is -3.60. The number of anilines is 1. The summed E-state index contributed by atoms with van der Waals surface area (Å²) < 4.78 is 3.39. The van der Waals surface area contributed by atoms with Gasteiger partial charge in [-0.1, -0.05) is 42.5 Å². The highest BCUT2D eigenvalue weighted by Crippen LogP contribution is 2.14. The molecule has 1 amide bonds. The molecule has 4 aromatic rings. The number of carbonyl (C=O) groups is 1. The molecule has 4 rings (SSSR count). The van der Waals surface area contributed by atoms with Crippen molar-refractivity contribution in [2.45, 2.75) is 20.0 Å². The second-order valence-corrected chi connectivity index (χ2v) is 6.90. The van der Waals surface area contributed by atoms with Crippen molar-refractivity contribution >= 4 is 22.5 Å². The van der Waals surface area contributed by atoms with Gasteiger partial charge in [0.25, 0.3) is 5.56 Å². The maximum absolute atomic E-state index is 13.0. The number of aryl methyl sites for hydroxylation is 1. The molecule has 0 saturated carbocycles. The highest BCUT2D eigenvalue weighted by atomic mass is 16.2. The van der Waals surface area contributed by atoms with E-state index in [1.165, 1.54) is 4.57 Å². The van der Waals surface area contributed by atoms with E-state index in [2.05, 4.69) is 5.32 Å². The van der Waals surface area contributed by atoms with Gasteiger partial charge in [0.1, 0.15) is 12.1 Å². The van der Waals surface area contributed by atoms with Crippen LogP contribution in [0.15, 0.2) is 83.9 Å². The zero-order valence-corrected chi connectivity index (χ0v) is 15.6. The summed E-state index contributed by atoms with van der Waals surface area (Å²) in [5, 5.41) is 3.72. The number of pyridine rings is 1. The van der Waals surface area contributed by atoms with Gasteiger partial charge in [0, 0.05) is 30.0 Å². The zero-order chi connectivity index (χ0) is 19.5. The molecule has 5 nitrogen and oxygen atoms in total. The van der Waals surface area contributed by atoms with Crippen molar-refractivity contribution in [3.8, 4) is 0 Å². The van der Waals surface area contributed by atoms with E-state index in [0.29, 0.717) is 12.1 Å². The lowest BCUT2D eigenvalue weighted by Crippen LogP contribution is -2.28. The van der Waals surface area contributed by atoms with Crippen molar-refractivity contribution < 1.29 is 4.79 Å². The van der Waals surface area contributed by atoms with Crippen LogP contribution in [0.1, 0.15) is 11.1 Å². The largest absolute Gasteiger partial charge is 0.339 e. The summed E-state index contributed by atoms with van der Waals surface area (Å²) in [6, 6.07) is 21.4. The molecule has 2 aromatic carbocycles. The lowest BCUT2D eigenvalue weighted by Gasteiger charge is -2.10. The molecule has 0 aliphatic rings. The van der Waals surface area contributed by atoms with E-state index in [-0.39, 0.29) is 18.0 Å². The molecular weight excluding hydrogens is 350 g/mol. The van der Waals surface area contributed by atoms with Crippen molar-refractivity contribution in [1.82, 2.24) is 9.13 Å². The van der Waals surface area contributed by atoms with Crippen LogP contribution in [-0.2, 0) is 17.9 Å². The topological polar surface area (TPSA) is 56.0 Å². The van der Waals surface area contributed by atoms with Crippen molar-refractivity contribution in [3.63, 3.8) is 0 Å². The predicted molar refractivity (Wildman–Crippen MR) is 112 cm³/mol. The van der Waals surface area contributed by atoms with Crippen LogP contribution in [0.3, 0.4) is 0 Å². The fourth-order valence-electron chi connectivity index (χ4n) is 3.36. The molecule has 0 saturated heterocycles. The Labute approximate surface area is 162 Å². The third-order valence-electron chi connectivity index (χ3n) is 4.70. The zero-order valence-electron chi connectivity index (χ0n) is 15.6. The van der Waals surface area contributed by atoms with Crippen LogP contribution in [-0.4, -0.2) is 15.0 Å². The minimum Gasteiger partial charge on any atom is -0.339 e. The first-order valence-electron chi connectivity index (χ1n) is 9.19. The standard InChI is InChI=1S/C23H21N3O2/c1-17-6-5-9-20(14-17)24-21(27)16-26-13-11-19-10-12-25(22(19)23(26)28)15-18-7-3-2-4-8-18/h2-14H,15-16H2,1H3,(H,24,27). The van der Waals surface area contributed by atoms with Gasteiger partial charge < -0.3 is 14.5 Å². The van der Waals surface area contributed by atoms with E-state index in [1.807, 2.05) is 84.4 Å². The average Bonchev–Trinajstić information content (AvgIpc) is 3.08. The summed E-state index contributed by atoms with van der Waals surface area (Å²) in [7, 11) is 0. The normalized spacial score (nSPS) is 10.9. The molecular formula is C23H21N3O2. The molecule has 0 unspecified atom stereocenters. The summed E-state index contributed by atoms with van der Waals surface area (Å²) in [5.74, 6) is -0.229. The first-order chi connectivity index (χ1) is 13.6. The summed E-state index contributed by atoms with van der Waals surface area (Å²) in [6.45, 7) is 2.55. The van der Waals surface area contributed by atoms with Gasteiger partial charge in [-0.15, -0.1) is 0 Å². The van der Waals surface area contributed by atoms with Gasteiger partial charge in [-0.3, -0.25) is 9.59 Å². The van der Waals surface area contributed by atoms with Crippen LogP contribution in [0, 0.1) is 6.92 Å². The van der Waals surface area contributed by atoms with E-state index in [4.69, 9.17) is 0 Å². The molecule has 2 aromatic heterocycles. The number of nitrogens with zero attached hydrogens (tertiary/aromatic N) is 2. The van der Waals surface area contributed by atoms with Crippen molar-refractivity contribution in [1.29, 1.82) is 0 Å². The van der Waals surface area contributed by atoms with Crippen LogP contribution in [0.25, 0.3) is 10.9 Å². The van der Waals surface area contributed by atoms with E-state index in [0.717, 1.165) is 22.2 Å². The van der Waals surface area contributed by atoms with Crippen LogP contribution >= 0.6 is 0 Å². The quantitative estimate of drug-likeness (QED) is 0.580. The SMILES string of the molecule is Cc1cccc(NC(=O)Cn2ccc3ccn(Cc4ccccc4)c3c2=O)c1. The van der Waals surface area contributed by atoms with Gasteiger partial charge in [0.2, 0.25) is 5.91 Å². The highest BCUT2D eigenvalue weighted by molar-refractivity contribution is 5.91. The molecule has 0 spiro atoms. The summed E-state index contributed by atoms with van der Waals surface area (Å²) in [6.07, 6.45) is 3.59. The third-order valence-corrected chi connectivity index (χ3v) is 4.70. The lowest BCUT2D eigenvalue weighted by atomic mass is 10.2. The first kappa shape index (κ1) is 17.8. The van der Waals surface area contributed by atoms with Gasteiger partial charge in [-0.2, -0.15) is 0 Å². The molecule has 0 atom stereocenters. The van der Waals surface area contributed by atoms with Gasteiger partial charge in [-0.25, -0.2) is 0 Å². The van der Waals surface area contributed by atoms with Crippen LogP contribution in [0.4, 0.5) is 5.69 Å². The maximum atomic E-state index is 13.0. The summed E-state index contributed by atoms with van der Waals surface area (Å²) >= 11 is 0. The monoisotopic (exact) mass is 371 g/mol. The predicted octanol–water partition coefficient (Wildman–Crippen LogP) is 3.80. The van der Waals surface area contributed by atoms with E-state index in [9.17, 15) is 9.59 Å². The number of rotatable bonds is 5. The Morgan fingerprint density at radius 1 is 0.929 bits per heavy atom. The molecule has 0 bridgehead atoms. The van der Waals surface area contributed by atoms with E-state index in [1.54, 1.807) is 6.20 Å². The molecule has 0 fully saturated rings. The number of benzene rings is 2. The Kier molecular flexibility index (Phi) is 4.81. The number of nitrogens with one attached hydrogen (secondary N) is 1. The Balaban J connectivity index is 1.59. The molecule has 0 aliphatic carbocycles. The molecule has 28 heavy (non-hydrogen) atoms. The Morgan fingerprint density at radius 3 is 2.43 bits per heavy atom. The molecule has 1 N–H and O–H groups in total. The number of fused-ring (bicyclic) bond motifs is 1. The lowest BCUT2D eigenvalue weighted by molar-refractivity contribution is -0.116. The van der Waals surface area contributed by atoms with Gasteiger partial charge in [0.05, 0.1) is 0 Å². The van der Waals surface area contributed by atoms with Crippen molar-refractivity contribution in [2.75, 3.05) is 5.32 Å². The molecule has 140 valence electrons. The van der Waals surface area contributed by atoms with Crippen molar-refractivity contribution in [2.24, 2.45) is 0 Å². The highest BCUT2D eigenvalue weighted by Gasteiger charge is 2.11. The molecule has 5 heteroatoms. The smallest absolute Gasteiger partial charge is 0.275 e. The van der Waals surface area contributed by atoms with E-state index >= 15 is 0 Å². The number of aromatic nitrogens is 2. The van der Waals surface area contributed by atoms with E-state index < -0.39 is 0 Å². The Bertz CT molecular complexity index is 1190. The molecule has 2 heterocycles. The summed E-state index contributed by atoms with van der Waals surface area (Å²) in [5.41, 5.74) is 3.35. The van der Waals surface area contributed by atoms with Gasteiger partial charge in [-0.05, 0) is 42.3 Å². The number of carbonyl (C=O) groups excluding carboxylic acids is 1.